The number of hydrogen-bond acceptors (Lipinski definition) is 8. The molecule has 1 amide bonds. The first-order chi connectivity index (χ1) is 16.7. The van der Waals surface area contributed by atoms with E-state index in [0.717, 1.165) is 4.42 Å². The Hall–Kier alpha value is -3.04. The molecule has 2 rings (SSSR count). The fourth-order valence-electron chi connectivity index (χ4n) is 2.99. The van der Waals surface area contributed by atoms with Gasteiger partial charge < -0.3 is 18.9 Å². The SMILES string of the molecule is CCOc1cc(OCC)cc(N(Cl)C(=O)C(N=Nc2cc(Cl)c(OCC)c(OCC)c2)C(C)=O)c1. The van der Waals surface area contributed by atoms with Crippen molar-refractivity contribution in [3.63, 3.8) is 0 Å². The van der Waals surface area contributed by atoms with Gasteiger partial charge in [0.2, 0.25) is 6.04 Å². The second-order valence-corrected chi connectivity index (χ2v) is 7.74. The summed E-state index contributed by atoms with van der Waals surface area (Å²) in [5.74, 6) is 0.330. The lowest BCUT2D eigenvalue weighted by molar-refractivity contribution is -0.126. The summed E-state index contributed by atoms with van der Waals surface area (Å²) in [6.45, 7) is 10.1. The molecule has 11 heteroatoms. The van der Waals surface area contributed by atoms with Crippen LogP contribution in [-0.2, 0) is 9.59 Å². The van der Waals surface area contributed by atoms with Gasteiger partial charge >= 0.3 is 0 Å². The molecule has 190 valence electrons. The highest BCUT2D eigenvalue weighted by molar-refractivity contribution is 6.39. The molecule has 0 aliphatic rings. The van der Waals surface area contributed by atoms with E-state index in [0.29, 0.717) is 49.4 Å². The number of carbonyl (C=O) groups is 2. The molecule has 1 atom stereocenters. The van der Waals surface area contributed by atoms with Crippen LogP contribution >= 0.6 is 23.4 Å². The lowest BCUT2D eigenvalue weighted by Gasteiger charge is -2.19. The minimum Gasteiger partial charge on any atom is -0.494 e. The largest absolute Gasteiger partial charge is 0.494 e. The molecule has 0 aliphatic carbocycles. The molecular formula is C24H29Cl2N3O6. The van der Waals surface area contributed by atoms with E-state index in [2.05, 4.69) is 10.2 Å². The number of ether oxygens (including phenoxy) is 4. The minimum atomic E-state index is -1.49. The molecule has 0 fully saturated rings. The standard InChI is InChI=1S/C24H29Cl2N3O6/c1-6-32-18-12-17(13-19(14-18)33-7-2)29(26)24(31)22(15(5)30)28-27-16-10-20(25)23(35-9-4)21(11-16)34-8-3/h10-14,22H,6-9H2,1-5H3. The van der Waals surface area contributed by atoms with Crippen LogP contribution in [0.3, 0.4) is 0 Å². The highest BCUT2D eigenvalue weighted by Gasteiger charge is 2.29. The predicted molar refractivity (Wildman–Crippen MR) is 135 cm³/mol. The number of carbonyl (C=O) groups excluding carboxylic acids is 2. The maximum Gasteiger partial charge on any atom is 0.276 e. The number of ketones is 1. The fraction of sp³-hybridized carbons (Fsp3) is 0.417. The molecule has 0 radical (unpaired) electrons. The number of anilines is 1. The monoisotopic (exact) mass is 525 g/mol. The molecule has 0 spiro atoms. The van der Waals surface area contributed by atoms with Crippen molar-refractivity contribution in [2.75, 3.05) is 30.8 Å². The van der Waals surface area contributed by atoms with E-state index in [1.165, 1.54) is 13.0 Å². The zero-order chi connectivity index (χ0) is 26.0. The van der Waals surface area contributed by atoms with Crippen molar-refractivity contribution >= 4 is 46.4 Å². The fourth-order valence-corrected chi connectivity index (χ4v) is 3.44. The topological polar surface area (TPSA) is 99.0 Å². The van der Waals surface area contributed by atoms with Crippen molar-refractivity contribution in [2.24, 2.45) is 10.2 Å². The second-order valence-electron chi connectivity index (χ2n) is 7.00. The van der Waals surface area contributed by atoms with E-state index in [9.17, 15) is 9.59 Å². The van der Waals surface area contributed by atoms with Crippen molar-refractivity contribution in [2.45, 2.75) is 40.7 Å². The maximum absolute atomic E-state index is 13.1. The van der Waals surface area contributed by atoms with Gasteiger partial charge in [-0.1, -0.05) is 11.6 Å². The van der Waals surface area contributed by atoms with Crippen LogP contribution in [0.4, 0.5) is 11.4 Å². The first-order valence-corrected chi connectivity index (χ1v) is 11.9. The Bertz CT molecular complexity index is 1040. The maximum atomic E-state index is 13.1. The third-order valence-electron chi connectivity index (χ3n) is 4.40. The number of benzene rings is 2. The first kappa shape index (κ1) is 28.2. The van der Waals surface area contributed by atoms with Gasteiger partial charge in [0.05, 0.1) is 42.8 Å². The third-order valence-corrected chi connectivity index (χ3v) is 5.04. The molecule has 1 unspecified atom stereocenters. The lowest BCUT2D eigenvalue weighted by Crippen LogP contribution is -2.36. The predicted octanol–water partition coefficient (Wildman–Crippen LogP) is 6.16. The molecule has 2 aromatic rings. The van der Waals surface area contributed by atoms with Gasteiger partial charge in [-0.05, 0) is 40.7 Å². The average molecular weight is 526 g/mol. The van der Waals surface area contributed by atoms with E-state index in [1.54, 1.807) is 24.3 Å². The summed E-state index contributed by atoms with van der Waals surface area (Å²) in [5, 5.41) is 8.27. The number of rotatable bonds is 13. The van der Waals surface area contributed by atoms with Crippen molar-refractivity contribution < 1.29 is 28.5 Å². The van der Waals surface area contributed by atoms with E-state index in [-0.39, 0.29) is 16.4 Å². The Labute approximate surface area is 215 Å². The van der Waals surface area contributed by atoms with Crippen molar-refractivity contribution in [3.05, 3.63) is 35.4 Å². The Morgan fingerprint density at radius 2 is 1.46 bits per heavy atom. The van der Waals surface area contributed by atoms with Gasteiger partial charge in [-0.15, -0.1) is 0 Å². The summed E-state index contributed by atoms with van der Waals surface area (Å²) in [7, 11) is 0. The van der Waals surface area contributed by atoms with Gasteiger partial charge in [0.1, 0.15) is 11.5 Å². The third kappa shape index (κ3) is 7.73. The van der Waals surface area contributed by atoms with Crippen LogP contribution in [0.2, 0.25) is 5.02 Å². The molecule has 9 nitrogen and oxygen atoms in total. The van der Waals surface area contributed by atoms with Gasteiger partial charge in [0.25, 0.3) is 5.91 Å². The summed E-state index contributed by atoms with van der Waals surface area (Å²) in [6.07, 6.45) is 0. The van der Waals surface area contributed by atoms with Gasteiger partial charge in [0.15, 0.2) is 17.3 Å². The van der Waals surface area contributed by atoms with Gasteiger partial charge in [-0.2, -0.15) is 10.2 Å². The second kappa shape index (κ2) is 13.7. The van der Waals surface area contributed by atoms with Crippen molar-refractivity contribution in [3.8, 4) is 23.0 Å². The molecule has 0 bridgehead atoms. The molecule has 0 heterocycles. The van der Waals surface area contributed by atoms with Crippen LogP contribution in [0.5, 0.6) is 23.0 Å². The Morgan fingerprint density at radius 1 is 0.886 bits per heavy atom. The number of nitrogens with zero attached hydrogens (tertiary/aromatic N) is 3. The average Bonchev–Trinajstić information content (AvgIpc) is 2.81. The first-order valence-electron chi connectivity index (χ1n) is 11.2. The molecule has 0 saturated heterocycles. The van der Waals surface area contributed by atoms with Crippen LogP contribution < -0.4 is 23.4 Å². The van der Waals surface area contributed by atoms with Crippen LogP contribution in [0.25, 0.3) is 0 Å². The summed E-state index contributed by atoms with van der Waals surface area (Å²) in [5.41, 5.74) is 0.536. The summed E-state index contributed by atoms with van der Waals surface area (Å²) < 4.78 is 23.0. The molecule has 0 aromatic heterocycles. The Kier molecular flexibility index (Phi) is 11.1. The molecule has 0 saturated carbocycles. The number of azo groups is 1. The van der Waals surface area contributed by atoms with E-state index in [4.69, 9.17) is 42.3 Å². The molecule has 35 heavy (non-hydrogen) atoms. The van der Waals surface area contributed by atoms with Crippen LogP contribution in [0.15, 0.2) is 40.6 Å². The highest BCUT2D eigenvalue weighted by atomic mass is 35.5. The van der Waals surface area contributed by atoms with Gasteiger partial charge in [0, 0.05) is 36.0 Å². The number of halogens is 2. The minimum absolute atomic E-state index is 0.257. The summed E-state index contributed by atoms with van der Waals surface area (Å²) in [6, 6.07) is 6.37. The Balaban J connectivity index is 2.36. The van der Waals surface area contributed by atoms with Gasteiger partial charge in [-0.25, -0.2) is 4.42 Å². The summed E-state index contributed by atoms with van der Waals surface area (Å²) in [4.78, 5) is 25.4. The van der Waals surface area contributed by atoms with Crippen molar-refractivity contribution in [1.82, 2.24) is 0 Å². The number of amides is 1. The summed E-state index contributed by atoms with van der Waals surface area (Å²) >= 11 is 12.6. The van der Waals surface area contributed by atoms with Crippen LogP contribution in [-0.4, -0.2) is 44.2 Å². The molecule has 0 aliphatic heterocycles. The smallest absolute Gasteiger partial charge is 0.276 e. The van der Waals surface area contributed by atoms with Gasteiger partial charge in [-0.3, -0.25) is 9.59 Å². The van der Waals surface area contributed by atoms with E-state index >= 15 is 0 Å². The van der Waals surface area contributed by atoms with E-state index in [1.807, 2.05) is 27.7 Å². The number of Topliss-reactive ketones (excluding diaryl/α,β-unsaturated/α-hetero) is 1. The quantitative estimate of drug-likeness (QED) is 0.176. The van der Waals surface area contributed by atoms with Crippen LogP contribution in [0.1, 0.15) is 34.6 Å². The molecular weight excluding hydrogens is 497 g/mol. The zero-order valence-electron chi connectivity index (χ0n) is 20.3. The zero-order valence-corrected chi connectivity index (χ0v) is 21.9. The number of hydrogen-bond donors (Lipinski definition) is 0. The molecule has 2 aromatic carbocycles. The van der Waals surface area contributed by atoms with Crippen LogP contribution in [0, 0.1) is 0 Å². The Morgan fingerprint density at radius 3 is 1.97 bits per heavy atom. The highest BCUT2D eigenvalue weighted by Crippen LogP contribution is 2.39. The van der Waals surface area contributed by atoms with Crippen molar-refractivity contribution in [1.29, 1.82) is 0 Å². The molecule has 0 N–H and O–H groups in total. The normalized spacial score (nSPS) is 11.7. The van der Waals surface area contributed by atoms with E-state index < -0.39 is 17.7 Å². The lowest BCUT2D eigenvalue weighted by atomic mass is 10.2.